The van der Waals surface area contributed by atoms with Crippen LogP contribution < -0.4 is 10.6 Å². The van der Waals surface area contributed by atoms with E-state index in [1.54, 1.807) is 24.7 Å². The number of carbonyl (C=O) groups is 1. The van der Waals surface area contributed by atoms with Crippen LogP contribution in [0.25, 0.3) is 5.82 Å². The predicted octanol–water partition coefficient (Wildman–Crippen LogP) is 1.63. The van der Waals surface area contributed by atoms with E-state index in [1.807, 2.05) is 0 Å². The van der Waals surface area contributed by atoms with Gasteiger partial charge in [-0.3, -0.25) is 4.79 Å². The van der Waals surface area contributed by atoms with Gasteiger partial charge in [0.15, 0.2) is 5.82 Å². The monoisotopic (exact) mass is 372 g/mol. The van der Waals surface area contributed by atoms with Gasteiger partial charge in [-0.15, -0.1) is 24.8 Å². The number of carbonyl (C=O) groups excluding carboxylic acids is 1. The van der Waals surface area contributed by atoms with Gasteiger partial charge in [0, 0.05) is 18.3 Å². The summed E-state index contributed by atoms with van der Waals surface area (Å²) in [5, 5.41) is 10.4. The lowest BCUT2D eigenvalue weighted by molar-refractivity contribution is 0.0922. The van der Waals surface area contributed by atoms with E-state index >= 15 is 0 Å². The molecule has 0 atom stereocenters. The second kappa shape index (κ2) is 8.96. The molecule has 7 nitrogen and oxygen atoms in total. The molecule has 0 aliphatic carbocycles. The molecule has 0 spiro atoms. The number of rotatable bonds is 4. The minimum Gasteiger partial charge on any atom is -0.351 e. The molecule has 0 bridgehead atoms. The van der Waals surface area contributed by atoms with Gasteiger partial charge in [0.05, 0.1) is 0 Å². The molecule has 0 aromatic carbocycles. The fourth-order valence-electron chi connectivity index (χ4n) is 2.61. The van der Waals surface area contributed by atoms with Crippen LogP contribution in [0.5, 0.6) is 0 Å². The van der Waals surface area contributed by atoms with Gasteiger partial charge >= 0.3 is 0 Å². The molecule has 2 aromatic rings. The smallest absolute Gasteiger partial charge is 0.251 e. The molecule has 1 aliphatic rings. The molecule has 9 heteroatoms. The summed E-state index contributed by atoms with van der Waals surface area (Å²) in [6.07, 6.45) is 6.76. The van der Waals surface area contributed by atoms with Crippen LogP contribution in [0.3, 0.4) is 0 Å². The minimum atomic E-state index is -0.0801. The Morgan fingerprint density at radius 1 is 1.38 bits per heavy atom. The van der Waals surface area contributed by atoms with Gasteiger partial charge in [-0.2, -0.15) is 5.10 Å². The SMILES string of the molecule is CC1(CNC(=O)c2ccnc(-n3cncn3)c2)CCNCC1.Cl.Cl. The van der Waals surface area contributed by atoms with Crippen molar-refractivity contribution in [3.63, 3.8) is 0 Å². The van der Waals surface area contributed by atoms with Crippen LogP contribution in [0.2, 0.25) is 0 Å². The van der Waals surface area contributed by atoms with Crippen molar-refractivity contribution in [2.75, 3.05) is 19.6 Å². The Bertz CT molecular complexity index is 643. The number of nitrogens with zero attached hydrogens (tertiary/aromatic N) is 4. The standard InChI is InChI=1S/C15H20N6O.2ClH/c1-15(3-6-16-7-4-15)9-19-14(22)12-2-5-18-13(8-12)21-11-17-10-20-21;;/h2,5,8,10-11,16H,3-4,6-7,9H2,1H3,(H,19,22);2*1H. The normalized spacial score (nSPS) is 15.7. The fourth-order valence-corrected chi connectivity index (χ4v) is 2.61. The average Bonchev–Trinajstić information content (AvgIpc) is 3.08. The summed E-state index contributed by atoms with van der Waals surface area (Å²) < 4.78 is 1.53. The zero-order valence-electron chi connectivity index (χ0n) is 13.4. The fraction of sp³-hybridized carbons (Fsp3) is 0.467. The third-order valence-electron chi connectivity index (χ3n) is 4.15. The number of piperidine rings is 1. The first-order valence-corrected chi connectivity index (χ1v) is 7.46. The summed E-state index contributed by atoms with van der Waals surface area (Å²) in [6.45, 7) is 4.94. The molecule has 1 fully saturated rings. The van der Waals surface area contributed by atoms with Crippen LogP contribution in [0.15, 0.2) is 31.0 Å². The number of halogens is 2. The number of nitrogens with one attached hydrogen (secondary N) is 2. The Morgan fingerprint density at radius 2 is 2.12 bits per heavy atom. The van der Waals surface area contributed by atoms with E-state index < -0.39 is 0 Å². The van der Waals surface area contributed by atoms with Gasteiger partial charge in [0.25, 0.3) is 5.91 Å². The lowest BCUT2D eigenvalue weighted by atomic mass is 9.81. The number of aromatic nitrogens is 4. The molecule has 3 heterocycles. The highest BCUT2D eigenvalue weighted by atomic mass is 35.5. The molecule has 2 aromatic heterocycles. The van der Waals surface area contributed by atoms with E-state index in [0.29, 0.717) is 17.9 Å². The molecular formula is C15H22Cl2N6O. The van der Waals surface area contributed by atoms with Gasteiger partial charge < -0.3 is 10.6 Å². The predicted molar refractivity (Wildman–Crippen MR) is 96.2 cm³/mol. The van der Waals surface area contributed by atoms with E-state index in [-0.39, 0.29) is 36.1 Å². The third kappa shape index (κ3) is 4.90. The maximum atomic E-state index is 12.4. The molecular weight excluding hydrogens is 351 g/mol. The second-order valence-corrected chi connectivity index (χ2v) is 5.99. The van der Waals surface area contributed by atoms with E-state index in [9.17, 15) is 4.79 Å². The molecule has 3 rings (SSSR count). The van der Waals surface area contributed by atoms with Crippen molar-refractivity contribution >= 4 is 30.7 Å². The molecule has 132 valence electrons. The van der Waals surface area contributed by atoms with Gasteiger partial charge in [0.1, 0.15) is 12.7 Å². The van der Waals surface area contributed by atoms with Gasteiger partial charge in [0.2, 0.25) is 0 Å². The highest BCUT2D eigenvalue weighted by Gasteiger charge is 2.27. The molecule has 1 aliphatic heterocycles. The van der Waals surface area contributed by atoms with Crippen LogP contribution in [-0.2, 0) is 0 Å². The molecule has 1 amide bonds. The number of pyridine rings is 1. The van der Waals surface area contributed by atoms with Gasteiger partial charge in [-0.05, 0) is 43.5 Å². The van der Waals surface area contributed by atoms with Crippen LogP contribution in [0.1, 0.15) is 30.1 Å². The molecule has 0 saturated carbocycles. The van der Waals surface area contributed by atoms with E-state index in [1.165, 1.54) is 11.0 Å². The molecule has 1 saturated heterocycles. The van der Waals surface area contributed by atoms with Crippen molar-refractivity contribution in [2.24, 2.45) is 5.41 Å². The van der Waals surface area contributed by atoms with Crippen molar-refractivity contribution in [2.45, 2.75) is 19.8 Å². The maximum Gasteiger partial charge on any atom is 0.251 e. The zero-order valence-corrected chi connectivity index (χ0v) is 15.1. The highest BCUT2D eigenvalue weighted by Crippen LogP contribution is 2.26. The first-order valence-electron chi connectivity index (χ1n) is 7.46. The van der Waals surface area contributed by atoms with Crippen LogP contribution >= 0.6 is 24.8 Å². The average molecular weight is 373 g/mol. The van der Waals surface area contributed by atoms with Crippen molar-refractivity contribution in [3.05, 3.63) is 36.5 Å². The summed E-state index contributed by atoms with van der Waals surface area (Å²) in [4.78, 5) is 20.4. The van der Waals surface area contributed by atoms with Crippen LogP contribution in [0.4, 0.5) is 0 Å². The number of amides is 1. The van der Waals surface area contributed by atoms with Crippen molar-refractivity contribution in [3.8, 4) is 5.82 Å². The van der Waals surface area contributed by atoms with Crippen molar-refractivity contribution in [1.82, 2.24) is 30.4 Å². The Labute approximate surface area is 153 Å². The first-order chi connectivity index (χ1) is 10.7. The summed E-state index contributed by atoms with van der Waals surface area (Å²) in [6, 6.07) is 3.43. The van der Waals surface area contributed by atoms with Crippen LogP contribution in [0, 0.1) is 5.41 Å². The summed E-state index contributed by atoms with van der Waals surface area (Å²) in [5.41, 5.74) is 0.751. The van der Waals surface area contributed by atoms with Crippen LogP contribution in [-0.4, -0.2) is 45.3 Å². The van der Waals surface area contributed by atoms with Crippen molar-refractivity contribution in [1.29, 1.82) is 0 Å². The summed E-state index contributed by atoms with van der Waals surface area (Å²) in [7, 11) is 0. The first kappa shape index (κ1) is 20.3. The highest BCUT2D eigenvalue weighted by molar-refractivity contribution is 5.94. The third-order valence-corrected chi connectivity index (χ3v) is 4.15. The van der Waals surface area contributed by atoms with Gasteiger partial charge in [-0.1, -0.05) is 6.92 Å². The molecule has 0 radical (unpaired) electrons. The zero-order chi connectivity index (χ0) is 15.4. The topological polar surface area (TPSA) is 84.7 Å². The number of hydrogen-bond donors (Lipinski definition) is 2. The Balaban J connectivity index is 0.00000144. The Morgan fingerprint density at radius 3 is 2.79 bits per heavy atom. The van der Waals surface area contributed by atoms with E-state index in [0.717, 1.165) is 25.9 Å². The second-order valence-electron chi connectivity index (χ2n) is 5.99. The maximum absolute atomic E-state index is 12.4. The minimum absolute atomic E-state index is 0. The molecule has 2 N–H and O–H groups in total. The Hall–Kier alpha value is -1.70. The summed E-state index contributed by atoms with van der Waals surface area (Å²) >= 11 is 0. The van der Waals surface area contributed by atoms with Gasteiger partial charge in [-0.25, -0.2) is 14.6 Å². The lowest BCUT2D eigenvalue weighted by Gasteiger charge is -2.34. The van der Waals surface area contributed by atoms with E-state index in [2.05, 4.69) is 32.6 Å². The summed E-state index contributed by atoms with van der Waals surface area (Å²) in [5.74, 6) is 0.502. The van der Waals surface area contributed by atoms with E-state index in [4.69, 9.17) is 0 Å². The molecule has 24 heavy (non-hydrogen) atoms. The Kier molecular flexibility index (Phi) is 7.59. The lowest BCUT2D eigenvalue weighted by Crippen LogP contribution is -2.42. The quantitative estimate of drug-likeness (QED) is 0.851. The van der Waals surface area contributed by atoms with Crippen molar-refractivity contribution < 1.29 is 4.79 Å². The largest absolute Gasteiger partial charge is 0.351 e. The molecule has 0 unspecified atom stereocenters. The number of hydrogen-bond acceptors (Lipinski definition) is 5.